The van der Waals surface area contributed by atoms with E-state index in [1.165, 1.54) is 11.1 Å². The smallest absolute Gasteiger partial charge is 0.124 e. The molecule has 0 saturated carbocycles. The summed E-state index contributed by atoms with van der Waals surface area (Å²) in [4.78, 5) is 0. The van der Waals surface area contributed by atoms with Gasteiger partial charge in [-0.25, -0.2) is 0 Å². The van der Waals surface area contributed by atoms with Crippen molar-refractivity contribution in [3.05, 3.63) is 29.3 Å². The number of rotatable bonds is 7. The highest BCUT2D eigenvalue weighted by atomic mass is 16.5. The van der Waals surface area contributed by atoms with Gasteiger partial charge < -0.3 is 14.8 Å². The van der Waals surface area contributed by atoms with Crippen LogP contribution in [0, 0.1) is 12.8 Å². The summed E-state index contributed by atoms with van der Waals surface area (Å²) in [7, 11) is 0. The van der Waals surface area contributed by atoms with Gasteiger partial charge in [0.2, 0.25) is 0 Å². The Balaban J connectivity index is 2.32. The Labute approximate surface area is 129 Å². The molecule has 1 aromatic carbocycles. The number of nitrogens with one attached hydrogen (secondary N) is 1. The molecule has 0 amide bonds. The van der Waals surface area contributed by atoms with Crippen molar-refractivity contribution in [2.24, 2.45) is 5.92 Å². The van der Waals surface area contributed by atoms with E-state index in [0.717, 1.165) is 31.7 Å². The molecule has 1 saturated heterocycles. The van der Waals surface area contributed by atoms with Crippen molar-refractivity contribution in [2.75, 3.05) is 19.8 Å². The molecule has 3 nitrogen and oxygen atoms in total. The Kier molecular flexibility index (Phi) is 6.07. The van der Waals surface area contributed by atoms with Gasteiger partial charge in [0.15, 0.2) is 0 Å². The van der Waals surface area contributed by atoms with Crippen LogP contribution in [-0.4, -0.2) is 25.9 Å². The molecule has 0 aliphatic carbocycles. The van der Waals surface area contributed by atoms with Crippen LogP contribution in [0.3, 0.4) is 0 Å². The molecule has 1 N–H and O–H groups in total. The van der Waals surface area contributed by atoms with Crippen molar-refractivity contribution in [3.8, 4) is 5.75 Å². The average molecular weight is 291 g/mol. The quantitative estimate of drug-likeness (QED) is 0.827. The second kappa shape index (κ2) is 7.81. The van der Waals surface area contributed by atoms with E-state index in [0.29, 0.717) is 24.7 Å². The standard InChI is InChI=1S/C18H29NO2/c1-5-10-19-18(15-9-11-21-14(15)4)16-12-13(3)7-8-17(16)20-6-2/h7-8,12,14-15,18-19H,5-6,9-11H2,1-4H3. The van der Waals surface area contributed by atoms with E-state index in [2.05, 4.69) is 44.3 Å². The molecule has 0 bridgehead atoms. The summed E-state index contributed by atoms with van der Waals surface area (Å²) in [6.45, 7) is 11.2. The SMILES string of the molecule is CCCNC(c1cc(C)ccc1OCC)C1CCOC1C. The van der Waals surface area contributed by atoms with Crippen LogP contribution in [-0.2, 0) is 4.74 Å². The van der Waals surface area contributed by atoms with Crippen LogP contribution in [0.1, 0.15) is 50.8 Å². The predicted octanol–water partition coefficient (Wildman–Crippen LogP) is 3.86. The highest BCUT2D eigenvalue weighted by molar-refractivity contribution is 5.40. The molecule has 1 aromatic rings. The Bertz CT molecular complexity index is 447. The molecule has 1 fully saturated rings. The topological polar surface area (TPSA) is 30.5 Å². The predicted molar refractivity (Wildman–Crippen MR) is 86.9 cm³/mol. The Hall–Kier alpha value is -1.06. The third-order valence-electron chi connectivity index (χ3n) is 4.28. The lowest BCUT2D eigenvalue weighted by molar-refractivity contribution is 0.0949. The minimum absolute atomic E-state index is 0.300. The van der Waals surface area contributed by atoms with E-state index >= 15 is 0 Å². The third-order valence-corrected chi connectivity index (χ3v) is 4.28. The van der Waals surface area contributed by atoms with E-state index in [1.807, 2.05) is 6.92 Å². The largest absolute Gasteiger partial charge is 0.494 e. The van der Waals surface area contributed by atoms with Gasteiger partial charge in [0.25, 0.3) is 0 Å². The van der Waals surface area contributed by atoms with Gasteiger partial charge in [-0.2, -0.15) is 0 Å². The molecule has 118 valence electrons. The zero-order valence-electron chi connectivity index (χ0n) is 13.8. The maximum Gasteiger partial charge on any atom is 0.124 e. The molecule has 0 spiro atoms. The monoisotopic (exact) mass is 291 g/mol. The van der Waals surface area contributed by atoms with Gasteiger partial charge in [0.1, 0.15) is 5.75 Å². The lowest BCUT2D eigenvalue weighted by Gasteiger charge is -2.29. The van der Waals surface area contributed by atoms with Crippen LogP contribution in [0.25, 0.3) is 0 Å². The number of benzene rings is 1. The Morgan fingerprint density at radius 1 is 1.38 bits per heavy atom. The van der Waals surface area contributed by atoms with Crippen molar-refractivity contribution < 1.29 is 9.47 Å². The summed E-state index contributed by atoms with van der Waals surface area (Å²) in [6, 6.07) is 6.81. The number of aryl methyl sites for hydroxylation is 1. The maximum absolute atomic E-state index is 5.87. The highest BCUT2D eigenvalue weighted by Crippen LogP contribution is 2.37. The Morgan fingerprint density at radius 2 is 2.19 bits per heavy atom. The van der Waals surface area contributed by atoms with Gasteiger partial charge >= 0.3 is 0 Å². The van der Waals surface area contributed by atoms with Crippen molar-refractivity contribution in [1.29, 1.82) is 0 Å². The van der Waals surface area contributed by atoms with Crippen molar-refractivity contribution in [2.45, 2.75) is 52.7 Å². The average Bonchev–Trinajstić information content (AvgIpc) is 2.88. The van der Waals surface area contributed by atoms with Crippen LogP contribution >= 0.6 is 0 Å². The second-order valence-corrected chi connectivity index (χ2v) is 5.93. The molecule has 1 aliphatic heterocycles. The lowest BCUT2D eigenvalue weighted by atomic mass is 9.87. The molecule has 3 heteroatoms. The minimum Gasteiger partial charge on any atom is -0.494 e. The normalized spacial score (nSPS) is 23.2. The van der Waals surface area contributed by atoms with E-state index in [-0.39, 0.29) is 0 Å². The van der Waals surface area contributed by atoms with E-state index < -0.39 is 0 Å². The van der Waals surface area contributed by atoms with Gasteiger partial charge in [-0.05, 0) is 46.2 Å². The second-order valence-electron chi connectivity index (χ2n) is 5.93. The lowest BCUT2D eigenvalue weighted by Crippen LogP contribution is -2.32. The molecule has 3 unspecified atom stereocenters. The summed E-state index contributed by atoms with van der Waals surface area (Å²) < 4.78 is 11.7. The zero-order chi connectivity index (χ0) is 15.2. The van der Waals surface area contributed by atoms with Gasteiger partial charge in [-0.15, -0.1) is 0 Å². The van der Waals surface area contributed by atoms with E-state index in [9.17, 15) is 0 Å². The fourth-order valence-corrected chi connectivity index (χ4v) is 3.18. The van der Waals surface area contributed by atoms with Crippen LogP contribution < -0.4 is 10.1 Å². The summed E-state index contributed by atoms with van der Waals surface area (Å²) in [5.74, 6) is 1.52. The Morgan fingerprint density at radius 3 is 2.81 bits per heavy atom. The summed E-state index contributed by atoms with van der Waals surface area (Å²) in [5, 5.41) is 3.72. The molecule has 2 rings (SSSR count). The van der Waals surface area contributed by atoms with Crippen molar-refractivity contribution in [1.82, 2.24) is 5.32 Å². The van der Waals surface area contributed by atoms with Gasteiger partial charge in [0, 0.05) is 24.1 Å². The van der Waals surface area contributed by atoms with Gasteiger partial charge in [0.05, 0.1) is 12.7 Å². The van der Waals surface area contributed by atoms with Crippen LogP contribution in [0.5, 0.6) is 5.75 Å². The molecular formula is C18H29NO2. The molecular weight excluding hydrogens is 262 g/mol. The summed E-state index contributed by atoms with van der Waals surface area (Å²) in [5.41, 5.74) is 2.57. The number of ether oxygens (including phenoxy) is 2. The van der Waals surface area contributed by atoms with Crippen LogP contribution in [0.4, 0.5) is 0 Å². The zero-order valence-corrected chi connectivity index (χ0v) is 13.8. The van der Waals surface area contributed by atoms with Crippen molar-refractivity contribution >= 4 is 0 Å². The number of hydrogen-bond acceptors (Lipinski definition) is 3. The molecule has 1 aliphatic rings. The fraction of sp³-hybridized carbons (Fsp3) is 0.667. The third kappa shape index (κ3) is 3.98. The van der Waals surface area contributed by atoms with Crippen LogP contribution in [0.15, 0.2) is 18.2 Å². The first-order valence-corrected chi connectivity index (χ1v) is 8.25. The molecule has 0 aromatic heterocycles. The van der Waals surface area contributed by atoms with Crippen LogP contribution in [0.2, 0.25) is 0 Å². The van der Waals surface area contributed by atoms with Gasteiger partial charge in [-0.1, -0.05) is 24.6 Å². The summed E-state index contributed by atoms with van der Waals surface area (Å²) >= 11 is 0. The molecule has 0 radical (unpaired) electrons. The van der Waals surface area contributed by atoms with E-state index in [1.54, 1.807) is 0 Å². The highest BCUT2D eigenvalue weighted by Gasteiger charge is 2.34. The minimum atomic E-state index is 0.300. The molecule has 1 heterocycles. The number of hydrogen-bond donors (Lipinski definition) is 1. The van der Waals surface area contributed by atoms with E-state index in [4.69, 9.17) is 9.47 Å². The first-order valence-electron chi connectivity index (χ1n) is 8.25. The fourth-order valence-electron chi connectivity index (χ4n) is 3.18. The summed E-state index contributed by atoms with van der Waals surface area (Å²) in [6.07, 6.45) is 2.55. The maximum atomic E-state index is 5.87. The van der Waals surface area contributed by atoms with Crippen molar-refractivity contribution in [3.63, 3.8) is 0 Å². The first kappa shape index (κ1) is 16.3. The first-order chi connectivity index (χ1) is 10.2. The molecule has 3 atom stereocenters. The molecule has 21 heavy (non-hydrogen) atoms. The van der Waals surface area contributed by atoms with Gasteiger partial charge in [-0.3, -0.25) is 0 Å².